The molecule has 2 unspecified atom stereocenters. The van der Waals surface area contributed by atoms with Crippen LogP contribution in [0.2, 0.25) is 0 Å². The van der Waals surface area contributed by atoms with Gasteiger partial charge in [-0.15, -0.1) is 5.10 Å². The number of rotatable bonds is 2. The van der Waals surface area contributed by atoms with E-state index >= 15 is 0 Å². The maximum Gasteiger partial charge on any atom is 0.339 e. The molecule has 1 fully saturated rings. The molecule has 6 heteroatoms. The van der Waals surface area contributed by atoms with Gasteiger partial charge in [-0.05, 0) is 33.3 Å². The van der Waals surface area contributed by atoms with Crippen molar-refractivity contribution in [2.45, 2.75) is 39.8 Å². The zero-order valence-electron chi connectivity index (χ0n) is 11.7. The average molecular weight is 265 g/mol. The molecule has 19 heavy (non-hydrogen) atoms. The summed E-state index contributed by atoms with van der Waals surface area (Å²) in [5.41, 5.74) is 1.56. The van der Waals surface area contributed by atoms with Crippen LogP contribution < -0.4 is 4.90 Å². The number of aromatic carboxylic acids is 1. The van der Waals surface area contributed by atoms with Crippen molar-refractivity contribution in [3.8, 4) is 0 Å². The van der Waals surface area contributed by atoms with Gasteiger partial charge in [0.15, 0.2) is 5.82 Å². The summed E-state index contributed by atoms with van der Waals surface area (Å²) in [7, 11) is 0. The fourth-order valence-electron chi connectivity index (χ4n) is 2.25. The standard InChI is InChI=1S/C13H19N3O3/c1-7-6-19-8(2)5-16(7)12-11(13(17)18)9(3)10(4)14-15-12/h7-8H,5-6H2,1-4H3,(H,17,18). The second-order valence-electron chi connectivity index (χ2n) is 5.06. The van der Waals surface area contributed by atoms with E-state index in [1.807, 2.05) is 18.7 Å². The molecule has 1 saturated heterocycles. The second kappa shape index (κ2) is 5.13. The molecule has 0 amide bonds. The molecule has 0 radical (unpaired) electrons. The van der Waals surface area contributed by atoms with Crippen molar-refractivity contribution in [1.29, 1.82) is 0 Å². The Morgan fingerprint density at radius 1 is 1.37 bits per heavy atom. The molecule has 1 aliphatic rings. The third kappa shape index (κ3) is 2.53. The van der Waals surface area contributed by atoms with Gasteiger partial charge in [-0.1, -0.05) is 0 Å². The summed E-state index contributed by atoms with van der Waals surface area (Å²) in [5.74, 6) is -0.518. The van der Waals surface area contributed by atoms with Crippen molar-refractivity contribution in [2.75, 3.05) is 18.1 Å². The van der Waals surface area contributed by atoms with Gasteiger partial charge in [0, 0.05) is 6.54 Å². The highest BCUT2D eigenvalue weighted by molar-refractivity contribution is 5.95. The minimum absolute atomic E-state index is 0.0567. The smallest absolute Gasteiger partial charge is 0.339 e. The van der Waals surface area contributed by atoms with Crippen molar-refractivity contribution in [2.24, 2.45) is 0 Å². The van der Waals surface area contributed by atoms with Crippen molar-refractivity contribution in [3.63, 3.8) is 0 Å². The normalized spacial score (nSPS) is 23.5. The van der Waals surface area contributed by atoms with Gasteiger partial charge in [0.2, 0.25) is 0 Å². The number of hydrogen-bond acceptors (Lipinski definition) is 5. The first-order chi connectivity index (χ1) is 8.91. The van der Waals surface area contributed by atoms with E-state index in [1.165, 1.54) is 0 Å². The van der Waals surface area contributed by atoms with Gasteiger partial charge in [-0.25, -0.2) is 4.79 Å². The molecule has 6 nitrogen and oxygen atoms in total. The monoisotopic (exact) mass is 265 g/mol. The molecule has 2 atom stereocenters. The van der Waals surface area contributed by atoms with Gasteiger partial charge >= 0.3 is 5.97 Å². The predicted molar refractivity (Wildman–Crippen MR) is 70.7 cm³/mol. The van der Waals surface area contributed by atoms with Crippen molar-refractivity contribution >= 4 is 11.8 Å². The van der Waals surface area contributed by atoms with E-state index in [1.54, 1.807) is 13.8 Å². The first kappa shape index (κ1) is 13.7. The van der Waals surface area contributed by atoms with Crippen LogP contribution in [0, 0.1) is 13.8 Å². The fourth-order valence-corrected chi connectivity index (χ4v) is 2.25. The van der Waals surface area contributed by atoms with Crippen LogP contribution in [0.15, 0.2) is 0 Å². The Kier molecular flexibility index (Phi) is 3.71. The van der Waals surface area contributed by atoms with Crippen LogP contribution in [0.25, 0.3) is 0 Å². The number of aryl methyl sites for hydroxylation is 1. The number of anilines is 1. The molecule has 104 valence electrons. The third-order valence-electron chi connectivity index (χ3n) is 3.53. The highest BCUT2D eigenvalue weighted by atomic mass is 16.5. The number of morpholine rings is 1. The zero-order chi connectivity index (χ0) is 14.2. The van der Waals surface area contributed by atoms with E-state index in [9.17, 15) is 9.90 Å². The average Bonchev–Trinajstić information content (AvgIpc) is 2.35. The lowest BCUT2D eigenvalue weighted by Gasteiger charge is -2.38. The molecule has 2 rings (SSSR count). The number of nitrogens with zero attached hydrogens (tertiary/aromatic N) is 3. The van der Waals surface area contributed by atoms with E-state index in [0.717, 1.165) is 0 Å². The lowest BCUT2D eigenvalue weighted by atomic mass is 10.1. The molecule has 1 aromatic rings. The van der Waals surface area contributed by atoms with Gasteiger partial charge in [0.1, 0.15) is 5.56 Å². The van der Waals surface area contributed by atoms with E-state index in [0.29, 0.717) is 30.2 Å². The van der Waals surface area contributed by atoms with Crippen LogP contribution >= 0.6 is 0 Å². The second-order valence-corrected chi connectivity index (χ2v) is 5.06. The van der Waals surface area contributed by atoms with E-state index < -0.39 is 5.97 Å². The summed E-state index contributed by atoms with van der Waals surface area (Å²) in [6, 6.07) is 0.0886. The van der Waals surface area contributed by atoms with Gasteiger partial charge in [0.05, 0.1) is 24.4 Å². The summed E-state index contributed by atoms with van der Waals surface area (Å²) in [4.78, 5) is 13.5. The van der Waals surface area contributed by atoms with Crippen LogP contribution in [0.3, 0.4) is 0 Å². The van der Waals surface area contributed by atoms with Crippen LogP contribution in [0.5, 0.6) is 0 Å². The molecule has 1 aliphatic heterocycles. The number of hydrogen-bond donors (Lipinski definition) is 1. The van der Waals surface area contributed by atoms with Crippen molar-refractivity contribution in [3.05, 3.63) is 16.8 Å². The Balaban J connectivity index is 2.49. The van der Waals surface area contributed by atoms with Crippen LogP contribution in [0.4, 0.5) is 5.82 Å². The van der Waals surface area contributed by atoms with Crippen LogP contribution in [-0.4, -0.2) is 46.6 Å². The predicted octanol–water partition coefficient (Wildman–Crippen LogP) is 1.41. The molecule has 0 bridgehead atoms. The largest absolute Gasteiger partial charge is 0.478 e. The Bertz CT molecular complexity index is 504. The Hall–Kier alpha value is -1.69. The van der Waals surface area contributed by atoms with Crippen molar-refractivity contribution < 1.29 is 14.6 Å². The number of aromatic nitrogens is 2. The van der Waals surface area contributed by atoms with Crippen LogP contribution in [0.1, 0.15) is 35.5 Å². The first-order valence-corrected chi connectivity index (χ1v) is 6.37. The molecule has 0 aliphatic carbocycles. The van der Waals surface area contributed by atoms with Crippen LogP contribution in [-0.2, 0) is 4.74 Å². The molecule has 2 heterocycles. The van der Waals surface area contributed by atoms with Gasteiger partial charge < -0.3 is 14.7 Å². The summed E-state index contributed by atoms with van der Waals surface area (Å²) >= 11 is 0. The SMILES string of the molecule is Cc1nnc(N2CC(C)OCC2C)c(C(=O)O)c1C. The molecule has 0 saturated carbocycles. The first-order valence-electron chi connectivity index (χ1n) is 6.37. The maximum atomic E-state index is 11.5. The molecular weight excluding hydrogens is 246 g/mol. The van der Waals surface area contributed by atoms with E-state index in [-0.39, 0.29) is 17.7 Å². The Morgan fingerprint density at radius 3 is 2.68 bits per heavy atom. The Labute approximate surface area is 112 Å². The molecule has 0 spiro atoms. The highest BCUT2D eigenvalue weighted by Gasteiger charge is 2.29. The fraction of sp³-hybridized carbons (Fsp3) is 0.615. The summed E-state index contributed by atoms with van der Waals surface area (Å²) in [6.45, 7) is 8.69. The quantitative estimate of drug-likeness (QED) is 0.871. The zero-order valence-corrected chi connectivity index (χ0v) is 11.7. The topological polar surface area (TPSA) is 75.5 Å². The third-order valence-corrected chi connectivity index (χ3v) is 3.53. The number of ether oxygens (including phenoxy) is 1. The minimum atomic E-state index is -0.961. The molecule has 0 aromatic carbocycles. The molecular formula is C13H19N3O3. The summed E-state index contributed by atoms with van der Waals surface area (Å²) in [6.07, 6.45) is 0.0567. The summed E-state index contributed by atoms with van der Waals surface area (Å²) in [5, 5.41) is 17.6. The van der Waals surface area contributed by atoms with E-state index in [2.05, 4.69) is 10.2 Å². The minimum Gasteiger partial charge on any atom is -0.478 e. The lowest BCUT2D eigenvalue weighted by molar-refractivity contribution is 0.0337. The highest BCUT2D eigenvalue weighted by Crippen LogP contribution is 2.26. The van der Waals surface area contributed by atoms with E-state index in [4.69, 9.17) is 4.74 Å². The molecule has 1 aromatic heterocycles. The number of carboxylic acids is 1. The van der Waals surface area contributed by atoms with Gasteiger partial charge in [-0.3, -0.25) is 0 Å². The summed E-state index contributed by atoms with van der Waals surface area (Å²) < 4.78 is 5.56. The number of carbonyl (C=O) groups is 1. The van der Waals surface area contributed by atoms with Gasteiger partial charge in [0.25, 0.3) is 0 Å². The van der Waals surface area contributed by atoms with Crippen molar-refractivity contribution in [1.82, 2.24) is 10.2 Å². The Morgan fingerprint density at radius 2 is 2.05 bits per heavy atom. The lowest BCUT2D eigenvalue weighted by Crippen LogP contribution is -2.48. The number of carboxylic acid groups (broad SMARTS) is 1. The maximum absolute atomic E-state index is 11.5. The molecule has 1 N–H and O–H groups in total. The van der Waals surface area contributed by atoms with Gasteiger partial charge in [-0.2, -0.15) is 5.10 Å².